The van der Waals surface area contributed by atoms with Crippen molar-refractivity contribution < 1.29 is 9.59 Å². The molecule has 0 atom stereocenters. The Balaban J connectivity index is 1.68. The zero-order valence-electron chi connectivity index (χ0n) is 15.1. The molecular weight excluding hydrogens is 406 g/mol. The van der Waals surface area contributed by atoms with Crippen molar-refractivity contribution in [2.75, 3.05) is 17.2 Å². The van der Waals surface area contributed by atoms with Gasteiger partial charge in [-0.3, -0.25) is 4.79 Å². The molecule has 3 amide bonds. The number of carbonyl (C=O) groups excluding carboxylic acids is 2. The maximum atomic E-state index is 12.0. The van der Waals surface area contributed by atoms with Crippen LogP contribution in [0, 0.1) is 0 Å². The average Bonchev–Trinajstić information content (AvgIpc) is 2.66. The van der Waals surface area contributed by atoms with Gasteiger partial charge < -0.3 is 16.0 Å². The summed E-state index contributed by atoms with van der Waals surface area (Å²) >= 11 is 3.42. The first-order valence-corrected chi connectivity index (χ1v) is 9.66. The maximum Gasteiger partial charge on any atom is 0.319 e. The van der Waals surface area contributed by atoms with Crippen molar-refractivity contribution in [3.8, 4) is 0 Å². The molecule has 2 aromatic rings. The van der Waals surface area contributed by atoms with Crippen LogP contribution in [-0.4, -0.2) is 18.5 Å². The van der Waals surface area contributed by atoms with Gasteiger partial charge >= 0.3 is 6.03 Å². The third kappa shape index (κ3) is 8.09. The molecule has 0 unspecified atom stereocenters. The molecule has 0 fully saturated rings. The number of hydrogen-bond acceptors (Lipinski definition) is 2. The molecule has 0 aliphatic rings. The standard InChI is InChI=1S/C21H24BrN3O2/c1-2-15-23-21(27)25-19-13-11-18(12-14-19)24-20(26)6-4-3-5-16-7-9-17(22)10-8-16/h2,7-14H,1,3-6,15H2,(H,24,26)(H2,23,25,27). The van der Waals surface area contributed by atoms with Gasteiger partial charge in [0.25, 0.3) is 0 Å². The Kier molecular flexibility index (Phi) is 8.58. The van der Waals surface area contributed by atoms with Gasteiger partial charge in [0.1, 0.15) is 0 Å². The van der Waals surface area contributed by atoms with Crippen molar-refractivity contribution >= 4 is 39.2 Å². The number of amides is 3. The normalized spacial score (nSPS) is 10.1. The van der Waals surface area contributed by atoms with Crippen LogP contribution in [0.3, 0.4) is 0 Å². The Labute approximate surface area is 168 Å². The second kappa shape index (κ2) is 11.2. The van der Waals surface area contributed by atoms with Gasteiger partial charge in [-0.25, -0.2) is 4.79 Å². The molecule has 0 aromatic heterocycles. The van der Waals surface area contributed by atoms with E-state index in [9.17, 15) is 9.59 Å². The fourth-order valence-corrected chi connectivity index (χ4v) is 2.73. The molecule has 0 aliphatic heterocycles. The van der Waals surface area contributed by atoms with Crippen LogP contribution in [0.4, 0.5) is 16.2 Å². The highest BCUT2D eigenvalue weighted by Gasteiger charge is 2.04. The Hall–Kier alpha value is -2.60. The molecule has 2 aromatic carbocycles. The first-order chi connectivity index (χ1) is 13.1. The number of unbranched alkanes of at least 4 members (excludes halogenated alkanes) is 1. The molecule has 0 bridgehead atoms. The Morgan fingerprint density at radius 2 is 1.56 bits per heavy atom. The summed E-state index contributed by atoms with van der Waals surface area (Å²) in [6.07, 6.45) is 4.87. The molecular formula is C21H24BrN3O2. The van der Waals surface area contributed by atoms with Crippen molar-refractivity contribution in [2.45, 2.75) is 25.7 Å². The summed E-state index contributed by atoms with van der Waals surface area (Å²) in [5.41, 5.74) is 2.65. The maximum absolute atomic E-state index is 12.0. The van der Waals surface area contributed by atoms with Crippen LogP contribution < -0.4 is 16.0 Å². The molecule has 5 nitrogen and oxygen atoms in total. The highest BCUT2D eigenvalue weighted by atomic mass is 79.9. The molecule has 6 heteroatoms. The second-order valence-corrected chi connectivity index (χ2v) is 7.00. The van der Waals surface area contributed by atoms with Gasteiger partial charge in [0, 0.05) is 28.8 Å². The van der Waals surface area contributed by atoms with Gasteiger partial charge in [0.05, 0.1) is 0 Å². The fourth-order valence-electron chi connectivity index (χ4n) is 2.47. The predicted octanol–water partition coefficient (Wildman–Crippen LogP) is 5.11. The van der Waals surface area contributed by atoms with E-state index in [2.05, 4.69) is 50.6 Å². The number of benzene rings is 2. The Morgan fingerprint density at radius 1 is 0.926 bits per heavy atom. The lowest BCUT2D eigenvalue weighted by Gasteiger charge is -2.08. The lowest BCUT2D eigenvalue weighted by atomic mass is 10.1. The lowest BCUT2D eigenvalue weighted by molar-refractivity contribution is -0.116. The van der Waals surface area contributed by atoms with E-state index in [0.29, 0.717) is 24.3 Å². The largest absolute Gasteiger partial charge is 0.334 e. The lowest BCUT2D eigenvalue weighted by Crippen LogP contribution is -2.28. The molecule has 142 valence electrons. The summed E-state index contributed by atoms with van der Waals surface area (Å²) in [6.45, 7) is 3.94. The van der Waals surface area contributed by atoms with Crippen molar-refractivity contribution in [3.63, 3.8) is 0 Å². The van der Waals surface area contributed by atoms with Crippen molar-refractivity contribution in [1.82, 2.24) is 5.32 Å². The SMILES string of the molecule is C=CCNC(=O)Nc1ccc(NC(=O)CCCCc2ccc(Br)cc2)cc1. The van der Waals surface area contributed by atoms with E-state index >= 15 is 0 Å². The summed E-state index contributed by atoms with van der Waals surface area (Å²) in [6, 6.07) is 15.0. The quantitative estimate of drug-likeness (QED) is 0.382. The first kappa shape index (κ1) is 20.7. The summed E-state index contributed by atoms with van der Waals surface area (Å²) in [5, 5.41) is 8.21. The number of anilines is 2. The minimum Gasteiger partial charge on any atom is -0.334 e. The minimum atomic E-state index is -0.294. The van der Waals surface area contributed by atoms with Crippen LogP contribution in [-0.2, 0) is 11.2 Å². The number of rotatable bonds is 9. The van der Waals surface area contributed by atoms with Crippen molar-refractivity contribution in [1.29, 1.82) is 0 Å². The van der Waals surface area contributed by atoms with E-state index in [0.717, 1.165) is 23.7 Å². The number of nitrogens with one attached hydrogen (secondary N) is 3. The zero-order valence-corrected chi connectivity index (χ0v) is 16.7. The summed E-state index contributed by atoms with van der Waals surface area (Å²) < 4.78 is 1.07. The zero-order chi connectivity index (χ0) is 19.5. The Morgan fingerprint density at radius 3 is 2.19 bits per heavy atom. The van der Waals surface area contributed by atoms with Crippen LogP contribution in [0.5, 0.6) is 0 Å². The molecule has 0 saturated carbocycles. The second-order valence-electron chi connectivity index (χ2n) is 6.08. The third-order valence-corrected chi connectivity index (χ3v) is 4.39. The Bertz CT molecular complexity index is 758. The van der Waals surface area contributed by atoms with E-state index in [1.807, 2.05) is 12.1 Å². The van der Waals surface area contributed by atoms with E-state index < -0.39 is 0 Å². The van der Waals surface area contributed by atoms with Crippen LogP contribution in [0.25, 0.3) is 0 Å². The average molecular weight is 430 g/mol. The van der Waals surface area contributed by atoms with Crippen LogP contribution in [0.15, 0.2) is 65.7 Å². The molecule has 0 radical (unpaired) electrons. The molecule has 0 heterocycles. The third-order valence-electron chi connectivity index (χ3n) is 3.87. The van der Waals surface area contributed by atoms with Crippen LogP contribution in [0.1, 0.15) is 24.8 Å². The topological polar surface area (TPSA) is 70.2 Å². The molecule has 2 rings (SSSR count). The van der Waals surface area contributed by atoms with Gasteiger partial charge in [-0.05, 0) is 61.2 Å². The highest BCUT2D eigenvalue weighted by Crippen LogP contribution is 2.15. The minimum absolute atomic E-state index is 0.00441. The van der Waals surface area contributed by atoms with Gasteiger partial charge in [0.15, 0.2) is 0 Å². The van der Waals surface area contributed by atoms with E-state index in [1.54, 1.807) is 30.3 Å². The van der Waals surface area contributed by atoms with E-state index in [1.165, 1.54) is 5.56 Å². The van der Waals surface area contributed by atoms with Gasteiger partial charge in [-0.15, -0.1) is 6.58 Å². The summed E-state index contributed by atoms with van der Waals surface area (Å²) in [4.78, 5) is 23.6. The number of halogens is 1. The highest BCUT2D eigenvalue weighted by molar-refractivity contribution is 9.10. The smallest absolute Gasteiger partial charge is 0.319 e. The van der Waals surface area contributed by atoms with Gasteiger partial charge in [-0.2, -0.15) is 0 Å². The molecule has 3 N–H and O–H groups in total. The number of carbonyl (C=O) groups is 2. The van der Waals surface area contributed by atoms with Crippen molar-refractivity contribution in [2.24, 2.45) is 0 Å². The number of aryl methyl sites for hydroxylation is 1. The van der Waals surface area contributed by atoms with Gasteiger partial charge in [-0.1, -0.05) is 34.1 Å². The molecule has 27 heavy (non-hydrogen) atoms. The van der Waals surface area contributed by atoms with Gasteiger partial charge in [0.2, 0.25) is 5.91 Å². The first-order valence-electron chi connectivity index (χ1n) is 8.87. The van der Waals surface area contributed by atoms with Crippen molar-refractivity contribution in [3.05, 3.63) is 71.2 Å². The van der Waals surface area contributed by atoms with Crippen LogP contribution >= 0.6 is 15.9 Å². The van der Waals surface area contributed by atoms with Crippen LogP contribution in [0.2, 0.25) is 0 Å². The monoisotopic (exact) mass is 429 g/mol. The molecule has 0 aliphatic carbocycles. The fraction of sp³-hybridized carbons (Fsp3) is 0.238. The van der Waals surface area contributed by atoms with E-state index in [-0.39, 0.29) is 11.9 Å². The summed E-state index contributed by atoms with van der Waals surface area (Å²) in [5.74, 6) is -0.00441. The predicted molar refractivity (Wildman–Crippen MR) is 114 cm³/mol. The molecule has 0 saturated heterocycles. The summed E-state index contributed by atoms with van der Waals surface area (Å²) in [7, 11) is 0. The number of urea groups is 1. The van der Waals surface area contributed by atoms with E-state index in [4.69, 9.17) is 0 Å². The number of hydrogen-bond donors (Lipinski definition) is 3. The molecule has 0 spiro atoms.